The summed E-state index contributed by atoms with van der Waals surface area (Å²) in [6.45, 7) is 10.7. The van der Waals surface area contributed by atoms with E-state index in [1.807, 2.05) is 6.07 Å². The molecule has 0 saturated carbocycles. The molecule has 0 spiro atoms. The molecule has 4 heterocycles. The van der Waals surface area contributed by atoms with Crippen LogP contribution in [0.5, 0.6) is 0 Å². The highest BCUT2D eigenvalue weighted by molar-refractivity contribution is 5.84. The van der Waals surface area contributed by atoms with Gasteiger partial charge in [-0.25, -0.2) is 4.39 Å². The highest BCUT2D eigenvalue weighted by Crippen LogP contribution is 2.32. The zero-order valence-corrected chi connectivity index (χ0v) is 18.5. The van der Waals surface area contributed by atoms with Crippen LogP contribution >= 0.6 is 0 Å². The molecule has 31 heavy (non-hydrogen) atoms. The van der Waals surface area contributed by atoms with Crippen LogP contribution in [0.25, 0.3) is 16.9 Å². The van der Waals surface area contributed by atoms with Crippen molar-refractivity contribution in [3.63, 3.8) is 0 Å². The predicted molar refractivity (Wildman–Crippen MR) is 117 cm³/mol. The summed E-state index contributed by atoms with van der Waals surface area (Å²) in [5.41, 5.74) is 1.25. The Kier molecular flexibility index (Phi) is 5.52. The molecule has 3 aromatic rings. The number of nitrogens with zero attached hydrogens (tertiary/aromatic N) is 5. The van der Waals surface area contributed by atoms with Gasteiger partial charge in [-0.3, -0.25) is 4.90 Å². The van der Waals surface area contributed by atoms with E-state index in [1.165, 1.54) is 17.2 Å². The Hall–Kier alpha value is -2.32. The van der Waals surface area contributed by atoms with E-state index in [4.69, 9.17) is 4.52 Å². The molecule has 2 aromatic heterocycles. The van der Waals surface area contributed by atoms with Crippen LogP contribution in [0.1, 0.15) is 63.5 Å². The molecule has 5 rings (SSSR count). The van der Waals surface area contributed by atoms with Crippen molar-refractivity contribution in [1.82, 2.24) is 30.1 Å². The Morgan fingerprint density at radius 2 is 2.00 bits per heavy atom. The average molecular weight is 427 g/mol. The third kappa shape index (κ3) is 3.76. The Labute approximate surface area is 182 Å². The molecular weight excluding hydrogens is 395 g/mol. The van der Waals surface area contributed by atoms with Crippen LogP contribution in [-0.2, 0) is 0 Å². The lowest BCUT2D eigenvalue weighted by atomic mass is 9.89. The van der Waals surface area contributed by atoms with E-state index in [9.17, 15) is 4.39 Å². The topological polar surface area (TPSA) is 72.0 Å². The van der Waals surface area contributed by atoms with Crippen molar-refractivity contribution in [3.8, 4) is 5.95 Å². The van der Waals surface area contributed by atoms with Crippen molar-refractivity contribution in [2.75, 3.05) is 26.2 Å². The zero-order valence-electron chi connectivity index (χ0n) is 18.5. The van der Waals surface area contributed by atoms with Gasteiger partial charge in [0.2, 0.25) is 5.89 Å². The van der Waals surface area contributed by atoms with Gasteiger partial charge >= 0.3 is 0 Å². The highest BCUT2D eigenvalue weighted by atomic mass is 19.1. The zero-order chi connectivity index (χ0) is 21.5. The van der Waals surface area contributed by atoms with Gasteiger partial charge in [0.15, 0.2) is 0 Å². The first-order chi connectivity index (χ1) is 15.0. The minimum absolute atomic E-state index is 0.165. The van der Waals surface area contributed by atoms with Gasteiger partial charge < -0.3 is 9.84 Å². The van der Waals surface area contributed by atoms with Gasteiger partial charge in [0.25, 0.3) is 5.95 Å². The monoisotopic (exact) mass is 426 g/mol. The number of para-hydroxylation sites is 1. The number of nitrogens with one attached hydrogen (secondary N) is 1. The summed E-state index contributed by atoms with van der Waals surface area (Å²) in [6.07, 6.45) is 3.22. The first-order valence-corrected chi connectivity index (χ1v) is 11.5. The third-order valence-corrected chi connectivity index (χ3v) is 6.94. The van der Waals surface area contributed by atoms with E-state index in [2.05, 4.69) is 46.2 Å². The van der Waals surface area contributed by atoms with Gasteiger partial charge in [-0.1, -0.05) is 32.9 Å². The van der Waals surface area contributed by atoms with Crippen molar-refractivity contribution < 1.29 is 8.91 Å². The summed E-state index contributed by atoms with van der Waals surface area (Å²) in [5.74, 6) is 1.71. The van der Waals surface area contributed by atoms with E-state index < -0.39 is 0 Å². The van der Waals surface area contributed by atoms with E-state index in [0.717, 1.165) is 50.1 Å². The van der Waals surface area contributed by atoms with Gasteiger partial charge in [-0.05, 0) is 68.5 Å². The molecule has 2 aliphatic rings. The maximum atomic E-state index is 14.7. The SMILES string of the molecule is CC(C)c1nn(-c2noc(C3CCN(C4CCNCC4C)CC3)n2)c2c(F)cccc12. The second-order valence-corrected chi connectivity index (χ2v) is 9.37. The molecule has 7 nitrogen and oxygen atoms in total. The summed E-state index contributed by atoms with van der Waals surface area (Å²) in [4.78, 5) is 7.28. The van der Waals surface area contributed by atoms with Crippen molar-refractivity contribution >= 4 is 10.9 Å². The molecule has 0 bridgehead atoms. The lowest BCUT2D eigenvalue weighted by molar-refractivity contribution is 0.0878. The molecule has 2 saturated heterocycles. The fourth-order valence-electron chi connectivity index (χ4n) is 5.22. The second-order valence-electron chi connectivity index (χ2n) is 9.37. The summed E-state index contributed by atoms with van der Waals surface area (Å²) in [5, 5.41) is 13.1. The first kappa shape index (κ1) is 20.6. The average Bonchev–Trinajstić information content (AvgIpc) is 3.40. The molecule has 0 aliphatic carbocycles. The molecule has 0 amide bonds. The number of hydrogen-bond acceptors (Lipinski definition) is 6. The molecule has 2 fully saturated rings. The van der Waals surface area contributed by atoms with Crippen molar-refractivity contribution in [2.24, 2.45) is 5.92 Å². The Morgan fingerprint density at radius 1 is 1.19 bits per heavy atom. The fourth-order valence-corrected chi connectivity index (χ4v) is 5.22. The summed E-state index contributed by atoms with van der Waals surface area (Å²) >= 11 is 0. The molecule has 2 atom stereocenters. The number of likely N-dealkylation sites (tertiary alicyclic amines) is 1. The lowest BCUT2D eigenvalue weighted by Gasteiger charge is -2.42. The standard InChI is InChI=1S/C23H31FN6O/c1-14(2)20-17-5-4-6-18(24)21(17)30(27-20)23-26-22(31-28-23)16-8-11-29(12-9-16)19-7-10-25-13-15(19)3/h4-6,14-16,19,25H,7-13H2,1-3H3. The molecule has 1 aromatic carbocycles. The van der Waals surface area contributed by atoms with Crippen LogP contribution < -0.4 is 5.32 Å². The lowest BCUT2D eigenvalue weighted by Crippen LogP contribution is -2.50. The Morgan fingerprint density at radius 3 is 2.74 bits per heavy atom. The molecule has 2 aliphatic heterocycles. The second kappa shape index (κ2) is 8.31. The quantitative estimate of drug-likeness (QED) is 0.683. The van der Waals surface area contributed by atoms with Gasteiger partial charge in [-0.15, -0.1) is 0 Å². The largest absolute Gasteiger partial charge is 0.337 e. The van der Waals surface area contributed by atoms with E-state index >= 15 is 0 Å². The minimum atomic E-state index is -0.326. The van der Waals surface area contributed by atoms with Crippen LogP contribution in [-0.4, -0.2) is 57.0 Å². The van der Waals surface area contributed by atoms with Gasteiger partial charge in [0.05, 0.1) is 5.69 Å². The van der Waals surface area contributed by atoms with E-state index in [0.29, 0.717) is 29.3 Å². The molecule has 166 valence electrons. The Balaban J connectivity index is 1.36. The Bertz CT molecular complexity index is 1050. The summed E-state index contributed by atoms with van der Waals surface area (Å²) < 4.78 is 21.8. The van der Waals surface area contributed by atoms with Crippen LogP contribution in [0, 0.1) is 11.7 Å². The molecular formula is C23H31FN6O. The number of rotatable bonds is 4. The number of halogens is 1. The van der Waals surface area contributed by atoms with Gasteiger partial charge in [-0.2, -0.15) is 14.8 Å². The fraction of sp³-hybridized carbons (Fsp3) is 0.609. The number of hydrogen-bond donors (Lipinski definition) is 1. The predicted octanol–water partition coefficient (Wildman–Crippen LogP) is 3.85. The van der Waals surface area contributed by atoms with Gasteiger partial charge in [0.1, 0.15) is 11.3 Å². The van der Waals surface area contributed by atoms with E-state index in [-0.39, 0.29) is 17.7 Å². The van der Waals surface area contributed by atoms with Crippen molar-refractivity contribution in [2.45, 2.75) is 57.9 Å². The van der Waals surface area contributed by atoms with Crippen LogP contribution in [0.15, 0.2) is 22.7 Å². The number of benzene rings is 1. The molecule has 1 N–H and O–H groups in total. The maximum Gasteiger partial charge on any atom is 0.291 e. The molecule has 8 heteroatoms. The van der Waals surface area contributed by atoms with Gasteiger partial charge in [0, 0.05) is 17.3 Å². The molecule has 0 radical (unpaired) electrons. The summed E-state index contributed by atoms with van der Waals surface area (Å²) in [6, 6.07) is 5.72. The van der Waals surface area contributed by atoms with Crippen molar-refractivity contribution in [3.05, 3.63) is 35.6 Å². The van der Waals surface area contributed by atoms with Crippen LogP contribution in [0.4, 0.5) is 4.39 Å². The first-order valence-electron chi connectivity index (χ1n) is 11.5. The maximum absolute atomic E-state index is 14.7. The van der Waals surface area contributed by atoms with E-state index in [1.54, 1.807) is 6.07 Å². The molecule has 2 unspecified atom stereocenters. The number of aromatic nitrogens is 4. The normalized spacial score (nSPS) is 23.8. The third-order valence-electron chi connectivity index (χ3n) is 6.94. The summed E-state index contributed by atoms with van der Waals surface area (Å²) in [7, 11) is 0. The number of piperidine rings is 2. The highest BCUT2D eigenvalue weighted by Gasteiger charge is 2.32. The van der Waals surface area contributed by atoms with Crippen LogP contribution in [0.2, 0.25) is 0 Å². The van der Waals surface area contributed by atoms with Crippen LogP contribution in [0.3, 0.4) is 0 Å². The minimum Gasteiger partial charge on any atom is -0.337 e. The smallest absolute Gasteiger partial charge is 0.291 e. The van der Waals surface area contributed by atoms with Crippen molar-refractivity contribution in [1.29, 1.82) is 0 Å². The number of fused-ring (bicyclic) bond motifs is 1.